The van der Waals surface area contributed by atoms with Crippen molar-refractivity contribution in [1.29, 1.82) is 0 Å². The zero-order chi connectivity index (χ0) is 15.6. The van der Waals surface area contributed by atoms with Crippen LogP contribution in [0.5, 0.6) is 0 Å². The molecule has 5 rings (SSSR count). The largest absolute Gasteiger partial charge is 0.411 e. The van der Waals surface area contributed by atoms with Crippen molar-refractivity contribution in [1.82, 2.24) is 0 Å². The van der Waals surface area contributed by atoms with Crippen LogP contribution < -0.4 is 4.90 Å². The molecular weight excluding hydrogens is 291 g/mol. The average Bonchev–Trinajstić information content (AvgIpc) is 2.80. The molecule has 4 aliphatic rings. The first-order valence-electron chi connectivity index (χ1n) is 7.82. The average molecular weight is 311 g/mol. The molecule has 22 heavy (non-hydrogen) atoms. The highest BCUT2D eigenvalue weighted by molar-refractivity contribution is 5.48. The molecule has 4 aliphatic carbocycles. The molecule has 0 saturated heterocycles. The van der Waals surface area contributed by atoms with Crippen molar-refractivity contribution in [2.24, 2.45) is 23.7 Å². The summed E-state index contributed by atoms with van der Waals surface area (Å²) < 4.78 is 42.5. The second kappa shape index (κ2) is 4.63. The first-order chi connectivity index (χ1) is 10.4. The number of rotatable bonds is 4. The summed E-state index contributed by atoms with van der Waals surface area (Å²) in [7, 11) is 4.00. The number of hydrogen-bond donors (Lipinski definition) is 0. The molecule has 2 nitrogen and oxygen atoms in total. The van der Waals surface area contributed by atoms with E-state index in [1.165, 1.54) is 5.56 Å². The molecule has 6 unspecified atom stereocenters. The van der Waals surface area contributed by atoms with Gasteiger partial charge in [-0.05, 0) is 53.7 Å². The quantitative estimate of drug-likeness (QED) is 0.841. The van der Waals surface area contributed by atoms with E-state index in [0.717, 1.165) is 12.1 Å². The fourth-order valence-electron chi connectivity index (χ4n) is 4.97. The number of hydrogen-bond acceptors (Lipinski definition) is 2. The summed E-state index contributed by atoms with van der Waals surface area (Å²) in [5, 5.41) is 0. The van der Waals surface area contributed by atoms with Crippen LogP contribution in [0.1, 0.15) is 17.9 Å². The second-order valence-corrected chi connectivity index (χ2v) is 7.12. The molecular formula is C17H20F3NO. The summed E-state index contributed by atoms with van der Waals surface area (Å²) in [5.74, 6) is 2.18. The Labute approximate surface area is 128 Å². The molecule has 120 valence electrons. The molecule has 0 spiro atoms. The van der Waals surface area contributed by atoms with Crippen LogP contribution >= 0.6 is 0 Å². The second-order valence-electron chi connectivity index (χ2n) is 7.12. The Morgan fingerprint density at radius 1 is 1.09 bits per heavy atom. The molecule has 1 aromatic rings. The molecule has 5 heteroatoms. The fourth-order valence-corrected chi connectivity index (χ4v) is 4.97. The summed E-state index contributed by atoms with van der Waals surface area (Å²) >= 11 is 0. The molecule has 0 radical (unpaired) electrons. The molecule has 4 bridgehead atoms. The third-order valence-corrected chi connectivity index (χ3v) is 5.75. The minimum Gasteiger partial charge on any atom is -0.378 e. The minimum atomic E-state index is -4.22. The van der Waals surface area contributed by atoms with Crippen molar-refractivity contribution >= 4 is 5.69 Å². The maximum Gasteiger partial charge on any atom is 0.411 e. The van der Waals surface area contributed by atoms with E-state index in [1.54, 1.807) is 0 Å². The van der Waals surface area contributed by atoms with Crippen LogP contribution in [-0.2, 0) is 4.74 Å². The number of halogens is 3. The van der Waals surface area contributed by atoms with E-state index in [4.69, 9.17) is 4.74 Å². The van der Waals surface area contributed by atoms with Gasteiger partial charge in [-0.1, -0.05) is 12.1 Å². The monoisotopic (exact) mass is 311 g/mol. The molecule has 0 aliphatic heterocycles. The smallest absolute Gasteiger partial charge is 0.378 e. The van der Waals surface area contributed by atoms with Gasteiger partial charge in [0.15, 0.2) is 0 Å². The Morgan fingerprint density at radius 2 is 1.77 bits per heavy atom. The van der Waals surface area contributed by atoms with Gasteiger partial charge in [0.2, 0.25) is 0 Å². The predicted octanol–water partition coefficient (Wildman–Crippen LogP) is 3.68. The van der Waals surface area contributed by atoms with E-state index >= 15 is 0 Å². The van der Waals surface area contributed by atoms with Crippen molar-refractivity contribution in [2.75, 3.05) is 25.6 Å². The Bertz CT molecular complexity index is 568. The standard InChI is InChI=1S/C17H20F3NO/c1-21(2)10-5-3-9(4-6-10)13-12-7-11-14(13)15(11)16(12)22-8-17(18,19)20/h3-6,11-16H,7-8H2,1-2H3. The molecule has 0 aromatic heterocycles. The Kier molecular flexibility index (Phi) is 3.03. The van der Waals surface area contributed by atoms with Gasteiger partial charge in [0.05, 0.1) is 6.10 Å². The van der Waals surface area contributed by atoms with Crippen molar-refractivity contribution in [3.05, 3.63) is 29.8 Å². The zero-order valence-corrected chi connectivity index (χ0v) is 12.7. The summed E-state index contributed by atoms with van der Waals surface area (Å²) in [6.07, 6.45) is -3.37. The van der Waals surface area contributed by atoms with Gasteiger partial charge in [0.1, 0.15) is 6.61 Å². The first-order valence-corrected chi connectivity index (χ1v) is 7.82. The molecule has 0 N–H and O–H groups in total. The van der Waals surface area contributed by atoms with Crippen LogP contribution in [0.3, 0.4) is 0 Å². The summed E-state index contributed by atoms with van der Waals surface area (Å²) in [4.78, 5) is 2.05. The van der Waals surface area contributed by atoms with E-state index in [2.05, 4.69) is 24.3 Å². The molecule has 0 amide bonds. The Hall–Kier alpha value is -1.23. The number of ether oxygens (including phenoxy) is 1. The highest BCUT2D eigenvalue weighted by Gasteiger charge is 2.74. The van der Waals surface area contributed by atoms with Gasteiger partial charge in [-0.15, -0.1) is 0 Å². The van der Waals surface area contributed by atoms with Crippen molar-refractivity contribution < 1.29 is 17.9 Å². The van der Waals surface area contributed by atoms with Crippen LogP contribution in [0.2, 0.25) is 0 Å². The molecule has 4 saturated carbocycles. The molecule has 4 fully saturated rings. The van der Waals surface area contributed by atoms with Crippen LogP contribution in [0, 0.1) is 23.7 Å². The van der Waals surface area contributed by atoms with Gasteiger partial charge < -0.3 is 9.64 Å². The van der Waals surface area contributed by atoms with Gasteiger partial charge in [-0.3, -0.25) is 0 Å². The van der Waals surface area contributed by atoms with Gasteiger partial charge in [0, 0.05) is 19.8 Å². The first kappa shape index (κ1) is 14.4. The summed E-state index contributed by atoms with van der Waals surface area (Å²) in [6, 6.07) is 8.45. The maximum atomic E-state index is 12.4. The van der Waals surface area contributed by atoms with Crippen molar-refractivity contribution in [3.63, 3.8) is 0 Å². The minimum absolute atomic E-state index is 0.185. The van der Waals surface area contributed by atoms with E-state index in [9.17, 15) is 13.2 Å². The molecule has 1 aromatic carbocycles. The third-order valence-electron chi connectivity index (χ3n) is 5.75. The lowest BCUT2D eigenvalue weighted by molar-refractivity contribution is -0.189. The van der Waals surface area contributed by atoms with Crippen LogP contribution in [0.25, 0.3) is 0 Å². The highest BCUT2D eigenvalue weighted by Crippen LogP contribution is 2.76. The zero-order valence-electron chi connectivity index (χ0n) is 12.7. The van der Waals surface area contributed by atoms with Gasteiger partial charge in [-0.2, -0.15) is 13.2 Å². The Morgan fingerprint density at radius 3 is 2.32 bits per heavy atom. The summed E-state index contributed by atoms with van der Waals surface area (Å²) in [5.41, 5.74) is 2.41. The number of alkyl halides is 3. The number of nitrogens with zero attached hydrogens (tertiary/aromatic N) is 1. The highest BCUT2D eigenvalue weighted by atomic mass is 19.4. The Balaban J connectivity index is 1.49. The van der Waals surface area contributed by atoms with Crippen LogP contribution in [0.15, 0.2) is 24.3 Å². The van der Waals surface area contributed by atoms with Gasteiger partial charge in [-0.25, -0.2) is 0 Å². The molecule has 6 atom stereocenters. The van der Waals surface area contributed by atoms with Gasteiger partial charge in [0.25, 0.3) is 0 Å². The van der Waals surface area contributed by atoms with Crippen molar-refractivity contribution in [2.45, 2.75) is 24.6 Å². The fraction of sp³-hybridized carbons (Fsp3) is 0.647. The SMILES string of the molecule is CN(C)c1ccc(C2C3CC4C(C3OCC(F)(F)F)C42)cc1. The van der Waals surface area contributed by atoms with Crippen LogP contribution in [0.4, 0.5) is 18.9 Å². The normalized spacial score (nSPS) is 38.4. The van der Waals surface area contributed by atoms with Crippen molar-refractivity contribution in [3.8, 4) is 0 Å². The summed E-state index contributed by atoms with van der Waals surface area (Å²) in [6.45, 7) is -1.10. The van der Waals surface area contributed by atoms with E-state index in [-0.39, 0.29) is 12.0 Å². The van der Waals surface area contributed by atoms with E-state index in [1.807, 2.05) is 19.0 Å². The predicted molar refractivity (Wildman–Crippen MR) is 77.9 cm³/mol. The van der Waals surface area contributed by atoms with Gasteiger partial charge >= 0.3 is 6.18 Å². The van der Waals surface area contributed by atoms with Crippen LogP contribution in [-0.4, -0.2) is 33.0 Å². The maximum absolute atomic E-state index is 12.4. The third kappa shape index (κ3) is 2.13. The number of anilines is 1. The topological polar surface area (TPSA) is 12.5 Å². The van der Waals surface area contributed by atoms with E-state index in [0.29, 0.717) is 23.7 Å². The number of benzene rings is 1. The lowest BCUT2D eigenvalue weighted by Crippen LogP contribution is -2.26. The van der Waals surface area contributed by atoms with E-state index < -0.39 is 12.8 Å². The lowest BCUT2D eigenvalue weighted by atomic mass is 9.89. The lowest BCUT2D eigenvalue weighted by Gasteiger charge is -2.22. The molecule has 0 heterocycles.